The molecule has 0 radical (unpaired) electrons. The quantitative estimate of drug-likeness (QED) is 0.408. The number of aryl methyl sites for hydroxylation is 2. The molecule has 0 aliphatic rings. The molecule has 5 aromatic rings. The summed E-state index contributed by atoms with van der Waals surface area (Å²) >= 11 is 0. The zero-order valence-electron chi connectivity index (χ0n) is 19.4. The van der Waals surface area contributed by atoms with Crippen molar-refractivity contribution in [3.63, 3.8) is 0 Å². The standard InChI is InChI=1S/C17H15FN2O.C8H10N6/c1-2-7-15-19-14-11-6-10-13(18)16(14)17(21)20(15)12-8-4-3-5-9-12;1-5-2-3-14(13-5)6-7(9)11-4-12-8(6)10/h3-6,8-11H,2,7H2,1H3;2-4H,1H3,(H4,9,10,11,12). The average molecular weight is 473 g/mol. The van der Waals surface area contributed by atoms with Gasteiger partial charge >= 0.3 is 0 Å². The minimum atomic E-state index is -0.530. The van der Waals surface area contributed by atoms with Gasteiger partial charge in [0.15, 0.2) is 11.6 Å². The fourth-order valence-electron chi connectivity index (χ4n) is 3.65. The van der Waals surface area contributed by atoms with Crippen molar-refractivity contribution in [2.75, 3.05) is 11.5 Å². The van der Waals surface area contributed by atoms with Gasteiger partial charge in [-0.2, -0.15) is 5.10 Å². The summed E-state index contributed by atoms with van der Waals surface area (Å²) in [5, 5.41) is 4.22. The first kappa shape index (κ1) is 23.6. The SMILES string of the molecule is CCCc1nc2cccc(F)c2c(=O)n1-c1ccccc1.Cc1ccn(-c2c(N)ncnc2N)n1. The summed E-state index contributed by atoms with van der Waals surface area (Å²) in [7, 11) is 0. The summed E-state index contributed by atoms with van der Waals surface area (Å²) < 4.78 is 17.1. The summed E-state index contributed by atoms with van der Waals surface area (Å²) in [4.78, 5) is 24.9. The number of hydrogen-bond acceptors (Lipinski definition) is 7. The maximum atomic E-state index is 14.0. The second kappa shape index (κ2) is 10.1. The normalized spacial score (nSPS) is 10.7. The van der Waals surface area contributed by atoms with Gasteiger partial charge in [-0.3, -0.25) is 9.36 Å². The maximum absolute atomic E-state index is 14.0. The molecule has 0 saturated heterocycles. The molecule has 178 valence electrons. The van der Waals surface area contributed by atoms with Gasteiger partial charge in [0.25, 0.3) is 5.56 Å². The van der Waals surface area contributed by atoms with Gasteiger partial charge in [-0.05, 0) is 43.7 Å². The van der Waals surface area contributed by atoms with E-state index in [4.69, 9.17) is 11.5 Å². The number of nitrogen functional groups attached to an aromatic ring is 2. The van der Waals surface area contributed by atoms with Crippen LogP contribution in [0.1, 0.15) is 24.9 Å². The van der Waals surface area contributed by atoms with E-state index in [0.29, 0.717) is 40.8 Å². The van der Waals surface area contributed by atoms with Gasteiger partial charge in [0.05, 0.1) is 16.9 Å². The van der Waals surface area contributed by atoms with Crippen LogP contribution in [0.15, 0.2) is 71.9 Å². The molecule has 0 aliphatic heterocycles. The summed E-state index contributed by atoms with van der Waals surface area (Å²) in [6.45, 7) is 3.91. The highest BCUT2D eigenvalue weighted by Crippen LogP contribution is 2.19. The van der Waals surface area contributed by atoms with Gasteiger partial charge in [-0.1, -0.05) is 31.2 Å². The van der Waals surface area contributed by atoms with E-state index >= 15 is 0 Å². The van der Waals surface area contributed by atoms with E-state index in [9.17, 15) is 9.18 Å². The van der Waals surface area contributed by atoms with E-state index in [2.05, 4.69) is 20.1 Å². The van der Waals surface area contributed by atoms with Gasteiger partial charge in [0, 0.05) is 12.6 Å². The minimum absolute atomic E-state index is 0.0428. The van der Waals surface area contributed by atoms with Crippen molar-refractivity contribution in [2.24, 2.45) is 0 Å². The molecule has 3 aromatic heterocycles. The first-order chi connectivity index (χ1) is 16.9. The number of hydrogen-bond donors (Lipinski definition) is 2. The molecule has 3 heterocycles. The van der Waals surface area contributed by atoms with Gasteiger partial charge in [-0.25, -0.2) is 24.0 Å². The van der Waals surface area contributed by atoms with Crippen molar-refractivity contribution < 1.29 is 4.39 Å². The molecule has 0 atom stereocenters. The number of para-hydroxylation sites is 1. The molecule has 0 amide bonds. The second-order valence-electron chi connectivity index (χ2n) is 7.78. The van der Waals surface area contributed by atoms with Crippen LogP contribution in [-0.2, 0) is 6.42 Å². The Bertz CT molecular complexity index is 1510. The lowest BCUT2D eigenvalue weighted by Crippen LogP contribution is -2.24. The van der Waals surface area contributed by atoms with Crippen LogP contribution in [0.5, 0.6) is 0 Å². The number of nitrogens with zero attached hydrogens (tertiary/aromatic N) is 6. The van der Waals surface area contributed by atoms with Gasteiger partial charge in [0.1, 0.15) is 29.0 Å². The van der Waals surface area contributed by atoms with Gasteiger partial charge in [0.2, 0.25) is 0 Å². The Balaban J connectivity index is 0.000000179. The van der Waals surface area contributed by atoms with E-state index < -0.39 is 5.82 Å². The lowest BCUT2D eigenvalue weighted by molar-refractivity contribution is 0.636. The summed E-state index contributed by atoms with van der Waals surface area (Å²) in [5.74, 6) is 0.769. The number of anilines is 2. The highest BCUT2D eigenvalue weighted by molar-refractivity contribution is 5.78. The number of nitrogens with two attached hydrogens (primary N) is 2. The number of halogens is 1. The fourth-order valence-corrected chi connectivity index (χ4v) is 3.65. The number of rotatable bonds is 4. The van der Waals surface area contributed by atoms with Crippen LogP contribution in [0, 0.1) is 12.7 Å². The fraction of sp³-hybridized carbons (Fsp3) is 0.160. The molecule has 0 unspecified atom stereocenters. The van der Waals surface area contributed by atoms with Crippen molar-refractivity contribution >= 4 is 22.5 Å². The van der Waals surface area contributed by atoms with Gasteiger partial charge < -0.3 is 11.5 Å². The third kappa shape index (κ3) is 4.86. The first-order valence-electron chi connectivity index (χ1n) is 11.0. The van der Waals surface area contributed by atoms with Crippen LogP contribution in [0.2, 0.25) is 0 Å². The van der Waals surface area contributed by atoms with Crippen molar-refractivity contribution in [3.05, 3.63) is 94.8 Å². The molecule has 10 heteroatoms. The second-order valence-corrected chi connectivity index (χ2v) is 7.78. The number of aromatic nitrogens is 6. The average Bonchev–Trinajstić information content (AvgIpc) is 3.26. The Morgan fingerprint density at radius 3 is 2.31 bits per heavy atom. The van der Waals surface area contributed by atoms with E-state index in [1.54, 1.807) is 23.0 Å². The molecule has 0 aliphatic carbocycles. The molecule has 0 spiro atoms. The molecular weight excluding hydrogens is 447 g/mol. The largest absolute Gasteiger partial charge is 0.382 e. The summed E-state index contributed by atoms with van der Waals surface area (Å²) in [5.41, 5.74) is 13.5. The topological polar surface area (TPSA) is 131 Å². The smallest absolute Gasteiger partial charge is 0.268 e. The molecule has 0 bridgehead atoms. The number of benzene rings is 2. The van der Waals surface area contributed by atoms with Crippen molar-refractivity contribution in [3.8, 4) is 11.4 Å². The molecule has 35 heavy (non-hydrogen) atoms. The maximum Gasteiger partial charge on any atom is 0.268 e. The van der Waals surface area contributed by atoms with E-state index in [1.165, 1.54) is 17.0 Å². The molecule has 5 rings (SSSR count). The zero-order chi connectivity index (χ0) is 24.9. The van der Waals surface area contributed by atoms with Crippen molar-refractivity contribution in [1.29, 1.82) is 0 Å². The highest BCUT2D eigenvalue weighted by Gasteiger charge is 2.14. The van der Waals surface area contributed by atoms with E-state index in [0.717, 1.165) is 12.1 Å². The summed E-state index contributed by atoms with van der Waals surface area (Å²) in [6.07, 6.45) is 4.61. The molecule has 9 nitrogen and oxygen atoms in total. The van der Waals surface area contributed by atoms with Crippen molar-refractivity contribution in [2.45, 2.75) is 26.7 Å². The predicted octanol–water partition coefficient (Wildman–Crippen LogP) is 3.61. The molecule has 0 fully saturated rings. The first-order valence-corrected chi connectivity index (χ1v) is 11.0. The predicted molar refractivity (Wildman–Crippen MR) is 134 cm³/mol. The van der Waals surface area contributed by atoms with Crippen LogP contribution in [0.4, 0.5) is 16.0 Å². The third-order valence-electron chi connectivity index (χ3n) is 5.23. The Hall–Kier alpha value is -4.60. The summed E-state index contributed by atoms with van der Waals surface area (Å²) in [6, 6.07) is 15.6. The van der Waals surface area contributed by atoms with E-state index in [-0.39, 0.29) is 10.9 Å². The molecule has 4 N–H and O–H groups in total. The third-order valence-corrected chi connectivity index (χ3v) is 5.23. The Labute approximate surface area is 200 Å². The van der Waals surface area contributed by atoms with Crippen molar-refractivity contribution in [1.82, 2.24) is 29.3 Å². The highest BCUT2D eigenvalue weighted by atomic mass is 19.1. The van der Waals surface area contributed by atoms with Crippen LogP contribution in [0.3, 0.4) is 0 Å². The van der Waals surface area contributed by atoms with Crippen LogP contribution >= 0.6 is 0 Å². The zero-order valence-corrected chi connectivity index (χ0v) is 19.4. The Kier molecular flexibility index (Phi) is 6.81. The lowest BCUT2D eigenvalue weighted by atomic mass is 10.2. The van der Waals surface area contributed by atoms with E-state index in [1.807, 2.05) is 50.2 Å². The molecule has 0 saturated carbocycles. The van der Waals surface area contributed by atoms with Crippen LogP contribution in [0.25, 0.3) is 22.3 Å². The molecular formula is C25H25FN8O. The molecule has 2 aromatic carbocycles. The number of fused-ring (bicyclic) bond motifs is 1. The van der Waals surface area contributed by atoms with Crippen LogP contribution in [-0.4, -0.2) is 29.3 Å². The minimum Gasteiger partial charge on any atom is -0.382 e. The Morgan fingerprint density at radius 1 is 0.971 bits per heavy atom. The monoisotopic (exact) mass is 472 g/mol. The Morgan fingerprint density at radius 2 is 1.69 bits per heavy atom. The van der Waals surface area contributed by atoms with Gasteiger partial charge in [-0.15, -0.1) is 0 Å². The van der Waals surface area contributed by atoms with Crippen LogP contribution < -0.4 is 17.0 Å². The lowest BCUT2D eigenvalue weighted by Gasteiger charge is -2.13.